The van der Waals surface area contributed by atoms with Crippen LogP contribution in [0.3, 0.4) is 0 Å². The normalized spacial score (nSPS) is 17.2. The van der Waals surface area contributed by atoms with Crippen LogP contribution in [0, 0.1) is 0 Å². The molecule has 1 N–H and O–H groups in total. The van der Waals surface area contributed by atoms with Crippen LogP contribution in [0.4, 0.5) is 5.69 Å². The van der Waals surface area contributed by atoms with Gasteiger partial charge in [-0.15, -0.1) is 0 Å². The van der Waals surface area contributed by atoms with Crippen molar-refractivity contribution in [2.45, 2.75) is 13.0 Å². The van der Waals surface area contributed by atoms with Crippen molar-refractivity contribution < 1.29 is 9.69 Å². The summed E-state index contributed by atoms with van der Waals surface area (Å²) >= 11 is 0. The predicted octanol–water partition coefficient (Wildman–Crippen LogP) is 1.97. The Balaban J connectivity index is 1.61. The van der Waals surface area contributed by atoms with E-state index in [0.29, 0.717) is 6.04 Å². The minimum atomic E-state index is 0.542. The second-order valence-corrected chi connectivity index (χ2v) is 5.99. The number of carbonyl (C=O) groups is 1. The van der Waals surface area contributed by atoms with E-state index in [2.05, 4.69) is 54.3 Å². The van der Waals surface area contributed by atoms with E-state index in [9.17, 15) is 4.79 Å². The lowest BCUT2D eigenvalue weighted by atomic mass is 10.1. The average Bonchev–Trinajstić information content (AvgIpc) is 2.62. The van der Waals surface area contributed by atoms with Gasteiger partial charge in [0.25, 0.3) is 0 Å². The van der Waals surface area contributed by atoms with Crippen molar-refractivity contribution >= 4 is 12.0 Å². The summed E-state index contributed by atoms with van der Waals surface area (Å²) in [5.74, 6) is 0. The first-order valence-electron chi connectivity index (χ1n) is 7.97. The Labute approximate surface area is 132 Å². The molecule has 1 saturated heterocycles. The standard InChI is InChI=1S/C19H22N2O/c1-16(18-5-3-2-4-6-18)20-11-13-21(14-12-20)19-9-7-17(15-22)8-10-19/h2-10,15-16H,11-14H2,1H3/p+1/t16-/m0/s1. The van der Waals surface area contributed by atoms with Gasteiger partial charge in [0.1, 0.15) is 12.3 Å². The van der Waals surface area contributed by atoms with E-state index in [1.165, 1.54) is 11.3 Å². The number of anilines is 1. The number of rotatable bonds is 4. The van der Waals surface area contributed by atoms with Crippen LogP contribution in [0.1, 0.15) is 28.9 Å². The fourth-order valence-electron chi connectivity index (χ4n) is 3.23. The summed E-state index contributed by atoms with van der Waals surface area (Å²) in [6, 6.07) is 19.2. The zero-order valence-corrected chi connectivity index (χ0v) is 13.0. The highest BCUT2D eigenvalue weighted by molar-refractivity contribution is 5.75. The molecular weight excluding hydrogens is 272 g/mol. The zero-order chi connectivity index (χ0) is 15.4. The average molecular weight is 295 g/mol. The maximum Gasteiger partial charge on any atom is 0.150 e. The first kappa shape index (κ1) is 14.8. The molecule has 1 heterocycles. The number of hydrogen-bond donors (Lipinski definition) is 1. The van der Waals surface area contributed by atoms with Gasteiger partial charge in [-0.2, -0.15) is 0 Å². The van der Waals surface area contributed by atoms with E-state index in [1.807, 2.05) is 12.1 Å². The fourth-order valence-corrected chi connectivity index (χ4v) is 3.23. The molecule has 0 saturated carbocycles. The quantitative estimate of drug-likeness (QED) is 0.872. The number of piperazine rings is 1. The van der Waals surface area contributed by atoms with Gasteiger partial charge in [-0.3, -0.25) is 4.79 Å². The lowest BCUT2D eigenvalue weighted by Crippen LogP contribution is -3.14. The Bertz CT molecular complexity index is 601. The summed E-state index contributed by atoms with van der Waals surface area (Å²) in [7, 11) is 0. The third-order valence-corrected chi connectivity index (χ3v) is 4.71. The molecule has 114 valence electrons. The first-order valence-corrected chi connectivity index (χ1v) is 7.97. The zero-order valence-electron chi connectivity index (χ0n) is 13.0. The number of nitrogens with zero attached hydrogens (tertiary/aromatic N) is 1. The van der Waals surface area contributed by atoms with E-state index >= 15 is 0 Å². The molecule has 1 atom stereocenters. The smallest absolute Gasteiger partial charge is 0.150 e. The Morgan fingerprint density at radius 2 is 1.64 bits per heavy atom. The van der Waals surface area contributed by atoms with Crippen LogP contribution in [-0.2, 0) is 0 Å². The molecule has 0 bridgehead atoms. The molecule has 2 aromatic rings. The van der Waals surface area contributed by atoms with Gasteiger partial charge in [0.2, 0.25) is 0 Å². The highest BCUT2D eigenvalue weighted by Gasteiger charge is 2.25. The molecule has 0 spiro atoms. The Morgan fingerprint density at radius 1 is 1.00 bits per heavy atom. The second-order valence-electron chi connectivity index (χ2n) is 5.99. The van der Waals surface area contributed by atoms with Crippen molar-refractivity contribution in [1.29, 1.82) is 0 Å². The van der Waals surface area contributed by atoms with Crippen molar-refractivity contribution in [3.63, 3.8) is 0 Å². The van der Waals surface area contributed by atoms with Crippen LogP contribution < -0.4 is 9.80 Å². The van der Waals surface area contributed by atoms with Crippen LogP contribution in [-0.4, -0.2) is 32.5 Å². The van der Waals surface area contributed by atoms with Crippen molar-refractivity contribution in [1.82, 2.24) is 0 Å². The summed E-state index contributed by atoms with van der Waals surface area (Å²) in [6.07, 6.45) is 0.896. The van der Waals surface area contributed by atoms with E-state index in [1.54, 1.807) is 4.90 Å². The lowest BCUT2D eigenvalue weighted by molar-refractivity contribution is -0.930. The summed E-state index contributed by atoms with van der Waals surface area (Å²) < 4.78 is 0. The minimum Gasteiger partial charge on any atom is -0.360 e. The molecule has 0 amide bonds. The number of hydrogen-bond acceptors (Lipinski definition) is 2. The highest BCUT2D eigenvalue weighted by Crippen LogP contribution is 2.15. The number of quaternary nitrogens is 1. The van der Waals surface area contributed by atoms with Crippen LogP contribution in [0.2, 0.25) is 0 Å². The van der Waals surface area contributed by atoms with Crippen LogP contribution in [0.15, 0.2) is 54.6 Å². The largest absolute Gasteiger partial charge is 0.360 e. The van der Waals surface area contributed by atoms with Crippen LogP contribution in [0.25, 0.3) is 0 Å². The maximum absolute atomic E-state index is 10.7. The molecule has 3 rings (SSSR count). The van der Waals surface area contributed by atoms with E-state index in [-0.39, 0.29) is 0 Å². The predicted molar refractivity (Wildman–Crippen MR) is 89.6 cm³/mol. The summed E-state index contributed by atoms with van der Waals surface area (Å²) in [4.78, 5) is 14.8. The first-order chi connectivity index (χ1) is 10.8. The van der Waals surface area contributed by atoms with Gasteiger partial charge in [-0.25, -0.2) is 0 Å². The van der Waals surface area contributed by atoms with E-state index in [0.717, 1.165) is 38.0 Å². The molecule has 1 fully saturated rings. The number of nitrogens with one attached hydrogen (secondary N) is 1. The molecule has 0 aromatic heterocycles. The Hall–Kier alpha value is -2.13. The third-order valence-electron chi connectivity index (χ3n) is 4.71. The van der Waals surface area contributed by atoms with E-state index < -0.39 is 0 Å². The van der Waals surface area contributed by atoms with Crippen molar-refractivity contribution in [3.8, 4) is 0 Å². The lowest BCUT2D eigenvalue weighted by Gasteiger charge is -2.36. The van der Waals surface area contributed by atoms with Gasteiger partial charge in [-0.05, 0) is 31.2 Å². The number of carbonyl (C=O) groups excluding carboxylic acids is 1. The van der Waals surface area contributed by atoms with Gasteiger partial charge < -0.3 is 9.80 Å². The summed E-state index contributed by atoms with van der Waals surface area (Å²) in [5.41, 5.74) is 3.38. The molecule has 0 radical (unpaired) electrons. The summed E-state index contributed by atoms with van der Waals surface area (Å²) in [5, 5.41) is 0. The van der Waals surface area contributed by atoms with Crippen LogP contribution >= 0.6 is 0 Å². The minimum absolute atomic E-state index is 0.542. The van der Waals surface area contributed by atoms with Gasteiger partial charge in [0.15, 0.2) is 0 Å². The molecular formula is C19H23N2O+. The maximum atomic E-state index is 10.7. The third kappa shape index (κ3) is 3.20. The van der Waals surface area contributed by atoms with Crippen molar-refractivity contribution in [2.75, 3.05) is 31.1 Å². The van der Waals surface area contributed by atoms with Crippen LogP contribution in [0.5, 0.6) is 0 Å². The number of aldehydes is 1. The number of benzene rings is 2. The van der Waals surface area contributed by atoms with Gasteiger partial charge in [-0.1, -0.05) is 30.3 Å². The molecule has 3 heteroatoms. The molecule has 2 aromatic carbocycles. The molecule has 1 aliphatic heterocycles. The van der Waals surface area contributed by atoms with E-state index in [4.69, 9.17) is 0 Å². The molecule has 0 unspecified atom stereocenters. The van der Waals surface area contributed by atoms with Crippen molar-refractivity contribution in [3.05, 3.63) is 65.7 Å². The molecule has 3 nitrogen and oxygen atoms in total. The Morgan fingerprint density at radius 3 is 2.23 bits per heavy atom. The molecule has 1 aliphatic rings. The van der Waals surface area contributed by atoms with Crippen molar-refractivity contribution in [2.24, 2.45) is 0 Å². The Kier molecular flexibility index (Phi) is 4.54. The topological polar surface area (TPSA) is 24.8 Å². The monoisotopic (exact) mass is 295 g/mol. The van der Waals surface area contributed by atoms with Gasteiger partial charge >= 0.3 is 0 Å². The molecule has 0 aliphatic carbocycles. The van der Waals surface area contributed by atoms with Gasteiger partial charge in [0, 0.05) is 16.8 Å². The van der Waals surface area contributed by atoms with Gasteiger partial charge in [0.05, 0.1) is 26.2 Å². The second kappa shape index (κ2) is 6.75. The SMILES string of the molecule is C[C@@H](c1ccccc1)[NH+]1CCN(c2ccc(C=O)cc2)CC1. The molecule has 22 heavy (non-hydrogen) atoms. The fraction of sp³-hybridized carbons (Fsp3) is 0.316. The highest BCUT2D eigenvalue weighted by atomic mass is 16.1. The summed E-state index contributed by atoms with van der Waals surface area (Å²) in [6.45, 7) is 6.73.